The smallest absolute Gasteiger partial charge is 0.355 e. The first-order chi connectivity index (χ1) is 16.4. The number of pyridine rings is 1. The van der Waals surface area contributed by atoms with Crippen molar-refractivity contribution in [2.75, 3.05) is 20.7 Å². The quantitative estimate of drug-likeness (QED) is 0.294. The van der Waals surface area contributed by atoms with Gasteiger partial charge in [-0.1, -0.05) is 52.3 Å². The lowest BCUT2D eigenvalue weighted by Gasteiger charge is -2.20. The number of halogens is 1. The summed E-state index contributed by atoms with van der Waals surface area (Å²) < 4.78 is 7.40. The molecule has 0 unspecified atom stereocenters. The van der Waals surface area contributed by atoms with Gasteiger partial charge in [-0.05, 0) is 47.0 Å². The third-order valence-corrected chi connectivity index (χ3v) is 6.98. The van der Waals surface area contributed by atoms with Crippen molar-refractivity contribution in [2.45, 2.75) is 13.0 Å². The molecule has 4 rings (SSSR count). The highest BCUT2D eigenvalue weighted by Gasteiger charge is 2.24. The fraction of sp³-hybridized carbons (Fsp3) is 0.192. The molecule has 8 heteroatoms. The van der Waals surface area contributed by atoms with Crippen molar-refractivity contribution in [1.29, 1.82) is 0 Å². The van der Waals surface area contributed by atoms with Crippen molar-refractivity contribution >= 4 is 49.9 Å². The van der Waals surface area contributed by atoms with Crippen molar-refractivity contribution in [2.24, 2.45) is 0 Å². The van der Waals surface area contributed by atoms with Crippen molar-refractivity contribution in [1.82, 2.24) is 9.47 Å². The summed E-state index contributed by atoms with van der Waals surface area (Å²) in [4.78, 5) is 41.4. The SMILES string of the molecule is COC(=O)c1c(-c2ccccc2)c2cc(Br)ccc2c(=O)n1CCCN(C)C(=O)c1cccs1. The molecule has 0 saturated carbocycles. The number of rotatable bonds is 7. The molecule has 0 radical (unpaired) electrons. The zero-order valence-corrected chi connectivity index (χ0v) is 21.2. The predicted octanol–water partition coefficient (Wildman–Crippen LogP) is 5.44. The minimum Gasteiger partial charge on any atom is -0.464 e. The van der Waals surface area contributed by atoms with Gasteiger partial charge in [0, 0.05) is 35.6 Å². The first-order valence-electron chi connectivity index (χ1n) is 10.7. The van der Waals surface area contributed by atoms with E-state index < -0.39 is 5.97 Å². The molecule has 0 aliphatic heterocycles. The Bertz CT molecular complexity index is 1400. The Morgan fingerprint density at radius 3 is 2.50 bits per heavy atom. The van der Waals surface area contributed by atoms with Gasteiger partial charge in [0.15, 0.2) is 0 Å². The van der Waals surface area contributed by atoms with Crippen LogP contribution in [0.25, 0.3) is 21.9 Å². The van der Waals surface area contributed by atoms with Crippen LogP contribution in [0.2, 0.25) is 0 Å². The molecule has 6 nitrogen and oxygen atoms in total. The normalized spacial score (nSPS) is 10.9. The number of amides is 1. The highest BCUT2D eigenvalue weighted by atomic mass is 79.9. The van der Waals surface area contributed by atoms with Crippen LogP contribution >= 0.6 is 27.3 Å². The third kappa shape index (κ3) is 4.69. The van der Waals surface area contributed by atoms with Gasteiger partial charge in [0.05, 0.1) is 12.0 Å². The van der Waals surface area contributed by atoms with Gasteiger partial charge in [0.2, 0.25) is 0 Å². The van der Waals surface area contributed by atoms with Gasteiger partial charge in [-0.3, -0.25) is 9.59 Å². The first-order valence-corrected chi connectivity index (χ1v) is 12.4. The van der Waals surface area contributed by atoms with Gasteiger partial charge in [-0.15, -0.1) is 11.3 Å². The number of methoxy groups -OCH3 is 1. The van der Waals surface area contributed by atoms with E-state index >= 15 is 0 Å². The van der Waals surface area contributed by atoms with Gasteiger partial charge in [0.1, 0.15) is 5.69 Å². The van der Waals surface area contributed by atoms with E-state index in [4.69, 9.17) is 4.74 Å². The number of carbonyl (C=O) groups is 2. The molecule has 0 atom stereocenters. The van der Waals surface area contributed by atoms with Gasteiger partial charge < -0.3 is 14.2 Å². The summed E-state index contributed by atoms with van der Waals surface area (Å²) in [6.07, 6.45) is 0.494. The monoisotopic (exact) mass is 538 g/mol. The number of aromatic nitrogens is 1. The van der Waals surface area contributed by atoms with Crippen molar-refractivity contribution in [3.63, 3.8) is 0 Å². The lowest BCUT2D eigenvalue weighted by atomic mass is 9.96. The van der Waals surface area contributed by atoms with Gasteiger partial charge in [-0.25, -0.2) is 4.79 Å². The van der Waals surface area contributed by atoms with Gasteiger partial charge in [-0.2, -0.15) is 0 Å². The second-order valence-electron chi connectivity index (χ2n) is 7.79. The largest absolute Gasteiger partial charge is 0.464 e. The number of hydrogen-bond acceptors (Lipinski definition) is 5. The summed E-state index contributed by atoms with van der Waals surface area (Å²) in [6.45, 7) is 0.694. The van der Waals surface area contributed by atoms with Crippen molar-refractivity contribution < 1.29 is 14.3 Å². The number of carbonyl (C=O) groups excluding carboxylic acids is 2. The van der Waals surface area contributed by atoms with Crippen molar-refractivity contribution in [3.8, 4) is 11.1 Å². The third-order valence-electron chi connectivity index (χ3n) is 5.63. The average molecular weight is 539 g/mol. The molecule has 0 saturated heterocycles. The van der Waals surface area contributed by atoms with E-state index in [-0.39, 0.29) is 23.7 Å². The Kier molecular flexibility index (Phi) is 7.29. The average Bonchev–Trinajstić information content (AvgIpc) is 3.39. The van der Waals surface area contributed by atoms with Crippen LogP contribution in [-0.4, -0.2) is 42.0 Å². The van der Waals surface area contributed by atoms with Crippen LogP contribution in [-0.2, 0) is 11.3 Å². The number of ether oxygens (including phenoxy) is 1. The molecule has 0 aliphatic carbocycles. The van der Waals surface area contributed by atoms with Crippen molar-refractivity contribution in [3.05, 3.63) is 91.4 Å². The number of benzene rings is 2. The standard InChI is InChI=1S/C26H23BrN2O4S/c1-28(25(31)21-10-6-15-34-21)13-7-14-29-23(26(32)33-2)22(17-8-4-3-5-9-17)20-16-18(27)11-12-19(20)24(29)30/h3-6,8-12,15-16H,7,13-14H2,1-2H3. The maximum Gasteiger partial charge on any atom is 0.355 e. The van der Waals surface area contributed by atoms with E-state index in [0.717, 1.165) is 10.0 Å². The second kappa shape index (κ2) is 10.4. The fourth-order valence-electron chi connectivity index (χ4n) is 3.99. The Hall–Kier alpha value is -3.23. The number of nitrogens with zero attached hydrogens (tertiary/aromatic N) is 2. The minimum absolute atomic E-state index is 0.0659. The van der Waals surface area contributed by atoms with Crippen LogP contribution in [0.15, 0.2) is 75.3 Å². The second-order valence-corrected chi connectivity index (χ2v) is 9.65. The Labute approximate surface area is 209 Å². The first kappa shape index (κ1) is 23.9. The number of fused-ring (bicyclic) bond motifs is 1. The highest BCUT2D eigenvalue weighted by Crippen LogP contribution is 2.33. The van der Waals surface area contributed by atoms with Crippen LogP contribution in [0, 0.1) is 0 Å². The maximum absolute atomic E-state index is 13.5. The number of hydrogen-bond donors (Lipinski definition) is 0. The molecule has 0 aliphatic rings. The zero-order valence-electron chi connectivity index (χ0n) is 18.8. The Morgan fingerprint density at radius 1 is 1.06 bits per heavy atom. The molecule has 0 bridgehead atoms. The summed E-state index contributed by atoms with van der Waals surface area (Å²) in [6, 6.07) is 18.5. The fourth-order valence-corrected chi connectivity index (χ4v) is 5.07. The molecule has 2 aromatic carbocycles. The Balaban J connectivity index is 1.79. The van der Waals surface area contributed by atoms with Crippen LogP contribution in [0.5, 0.6) is 0 Å². The lowest BCUT2D eigenvalue weighted by Crippen LogP contribution is -2.31. The summed E-state index contributed by atoms with van der Waals surface area (Å²) in [5.74, 6) is -0.648. The van der Waals surface area contributed by atoms with Gasteiger partial charge >= 0.3 is 5.97 Å². The molecule has 2 aromatic heterocycles. The summed E-state index contributed by atoms with van der Waals surface area (Å²) in [5, 5.41) is 3.05. The van der Waals surface area contributed by atoms with E-state index in [2.05, 4.69) is 15.9 Å². The molecular weight excluding hydrogens is 516 g/mol. The highest BCUT2D eigenvalue weighted by molar-refractivity contribution is 9.10. The molecule has 0 spiro atoms. The molecule has 4 aromatic rings. The summed E-state index contributed by atoms with van der Waals surface area (Å²) in [7, 11) is 3.05. The van der Waals surface area contributed by atoms with E-state index in [1.807, 2.05) is 53.9 Å². The van der Waals surface area contributed by atoms with E-state index in [9.17, 15) is 14.4 Å². The molecule has 174 valence electrons. The minimum atomic E-state index is -0.583. The van der Waals surface area contributed by atoms with Crippen LogP contribution in [0.3, 0.4) is 0 Å². The van der Waals surface area contributed by atoms with E-state index in [1.165, 1.54) is 23.0 Å². The Morgan fingerprint density at radius 2 is 1.82 bits per heavy atom. The summed E-state index contributed by atoms with van der Waals surface area (Å²) in [5.41, 5.74) is 1.39. The maximum atomic E-state index is 13.5. The molecule has 2 heterocycles. The number of thiophene rings is 1. The predicted molar refractivity (Wildman–Crippen MR) is 139 cm³/mol. The molecular formula is C26H23BrN2O4S. The van der Waals surface area contributed by atoms with Crippen LogP contribution in [0.4, 0.5) is 0 Å². The topological polar surface area (TPSA) is 68.6 Å². The van der Waals surface area contributed by atoms with E-state index in [0.29, 0.717) is 34.2 Å². The number of esters is 1. The van der Waals surface area contributed by atoms with Crippen LogP contribution in [0.1, 0.15) is 26.6 Å². The van der Waals surface area contributed by atoms with Crippen LogP contribution < -0.4 is 5.56 Å². The summed E-state index contributed by atoms with van der Waals surface area (Å²) >= 11 is 4.88. The van der Waals surface area contributed by atoms with E-state index in [1.54, 1.807) is 24.1 Å². The lowest BCUT2D eigenvalue weighted by molar-refractivity contribution is 0.0586. The van der Waals surface area contributed by atoms with Gasteiger partial charge in [0.25, 0.3) is 11.5 Å². The zero-order chi connectivity index (χ0) is 24.2. The molecule has 0 fully saturated rings. The molecule has 34 heavy (non-hydrogen) atoms. The molecule has 1 amide bonds. The molecule has 0 N–H and O–H groups in total.